The standard InChI is InChI=1S/C23H15ClN2/c24-20-12-13-25-23-22(20)19-14-18(10-11-21(19)26-23)17-8-6-16(7-9-17)15-4-2-1-3-5-15/h1-14H,(H,25,26). The van der Waals surface area contributed by atoms with E-state index in [4.69, 9.17) is 11.6 Å². The zero-order valence-electron chi connectivity index (χ0n) is 13.9. The summed E-state index contributed by atoms with van der Waals surface area (Å²) < 4.78 is 0. The summed E-state index contributed by atoms with van der Waals surface area (Å²) in [4.78, 5) is 7.72. The van der Waals surface area contributed by atoms with Crippen molar-refractivity contribution in [3.05, 3.63) is 90.1 Å². The van der Waals surface area contributed by atoms with Gasteiger partial charge in [-0.25, -0.2) is 4.98 Å². The molecule has 124 valence electrons. The van der Waals surface area contributed by atoms with Crippen LogP contribution in [0.2, 0.25) is 5.02 Å². The Bertz CT molecular complexity index is 1220. The van der Waals surface area contributed by atoms with Crippen LogP contribution in [0.15, 0.2) is 85.1 Å². The zero-order valence-corrected chi connectivity index (χ0v) is 14.7. The minimum atomic E-state index is 0.720. The third-order valence-electron chi connectivity index (χ3n) is 4.77. The number of fused-ring (bicyclic) bond motifs is 3. The molecule has 1 N–H and O–H groups in total. The highest BCUT2D eigenvalue weighted by molar-refractivity contribution is 6.37. The first-order valence-electron chi connectivity index (χ1n) is 8.51. The SMILES string of the molecule is Clc1ccnc2[nH]c3ccc(-c4ccc(-c5ccccc5)cc4)cc3c12. The minimum Gasteiger partial charge on any atom is -0.339 e. The topological polar surface area (TPSA) is 28.7 Å². The Kier molecular flexibility index (Phi) is 3.51. The number of aromatic amines is 1. The lowest BCUT2D eigenvalue weighted by Crippen LogP contribution is -1.80. The van der Waals surface area contributed by atoms with E-state index in [9.17, 15) is 0 Å². The summed E-state index contributed by atoms with van der Waals surface area (Å²) in [7, 11) is 0. The zero-order chi connectivity index (χ0) is 17.5. The fourth-order valence-electron chi connectivity index (χ4n) is 3.44. The second kappa shape index (κ2) is 6.01. The van der Waals surface area contributed by atoms with Gasteiger partial charge in [0.1, 0.15) is 5.65 Å². The fraction of sp³-hybridized carbons (Fsp3) is 0. The lowest BCUT2D eigenvalue weighted by molar-refractivity contribution is 1.35. The summed E-state index contributed by atoms with van der Waals surface area (Å²) in [6.45, 7) is 0. The van der Waals surface area contributed by atoms with E-state index in [2.05, 4.69) is 76.7 Å². The van der Waals surface area contributed by atoms with Crippen LogP contribution in [0.25, 0.3) is 44.2 Å². The number of nitrogens with zero attached hydrogens (tertiary/aromatic N) is 1. The molecular weight excluding hydrogens is 340 g/mol. The van der Waals surface area contributed by atoms with E-state index in [1.54, 1.807) is 6.20 Å². The molecule has 0 aliphatic rings. The number of H-pyrrole nitrogens is 1. The average molecular weight is 355 g/mol. The van der Waals surface area contributed by atoms with E-state index >= 15 is 0 Å². The summed E-state index contributed by atoms with van der Waals surface area (Å²) >= 11 is 6.40. The van der Waals surface area contributed by atoms with Crippen LogP contribution in [0.1, 0.15) is 0 Å². The van der Waals surface area contributed by atoms with Gasteiger partial charge < -0.3 is 4.98 Å². The quantitative estimate of drug-likeness (QED) is 0.375. The van der Waals surface area contributed by atoms with E-state index < -0.39 is 0 Å². The fourth-order valence-corrected chi connectivity index (χ4v) is 3.69. The van der Waals surface area contributed by atoms with E-state index in [-0.39, 0.29) is 0 Å². The Morgan fingerprint density at radius 2 is 1.35 bits per heavy atom. The van der Waals surface area contributed by atoms with Gasteiger partial charge in [-0.2, -0.15) is 0 Å². The maximum absolute atomic E-state index is 6.40. The monoisotopic (exact) mass is 354 g/mol. The van der Waals surface area contributed by atoms with Gasteiger partial charge in [0.15, 0.2) is 0 Å². The molecule has 5 aromatic rings. The van der Waals surface area contributed by atoms with Gasteiger partial charge in [-0.05, 0) is 40.5 Å². The molecule has 0 aliphatic carbocycles. The Labute approximate surface area is 156 Å². The molecule has 0 saturated heterocycles. The first-order valence-corrected chi connectivity index (χ1v) is 8.89. The van der Waals surface area contributed by atoms with Crippen molar-refractivity contribution in [1.29, 1.82) is 0 Å². The Morgan fingerprint density at radius 3 is 2.12 bits per heavy atom. The van der Waals surface area contributed by atoms with Gasteiger partial charge in [-0.1, -0.05) is 72.3 Å². The molecule has 2 aromatic heterocycles. The largest absolute Gasteiger partial charge is 0.339 e. The number of hydrogen-bond donors (Lipinski definition) is 1. The first-order chi connectivity index (χ1) is 12.8. The van der Waals surface area contributed by atoms with Crippen molar-refractivity contribution in [3.8, 4) is 22.3 Å². The Hall–Kier alpha value is -3.10. The van der Waals surface area contributed by atoms with E-state index in [0.29, 0.717) is 0 Å². The second-order valence-electron chi connectivity index (χ2n) is 6.35. The van der Waals surface area contributed by atoms with Crippen molar-refractivity contribution in [3.63, 3.8) is 0 Å². The molecule has 0 unspecified atom stereocenters. The van der Waals surface area contributed by atoms with Gasteiger partial charge in [0.25, 0.3) is 0 Å². The maximum Gasteiger partial charge on any atom is 0.139 e. The third kappa shape index (κ3) is 2.47. The molecule has 0 radical (unpaired) electrons. The van der Waals surface area contributed by atoms with Crippen molar-refractivity contribution in [2.24, 2.45) is 0 Å². The molecule has 0 fully saturated rings. The van der Waals surface area contributed by atoms with Crippen molar-refractivity contribution >= 4 is 33.5 Å². The number of hydrogen-bond acceptors (Lipinski definition) is 1. The van der Waals surface area contributed by atoms with Crippen molar-refractivity contribution in [2.75, 3.05) is 0 Å². The summed E-state index contributed by atoms with van der Waals surface area (Å²) in [6.07, 6.45) is 1.73. The van der Waals surface area contributed by atoms with Crippen LogP contribution >= 0.6 is 11.6 Å². The molecule has 5 rings (SSSR count). The lowest BCUT2D eigenvalue weighted by Gasteiger charge is -2.06. The highest BCUT2D eigenvalue weighted by Gasteiger charge is 2.10. The average Bonchev–Trinajstić information content (AvgIpc) is 3.08. The molecule has 3 aromatic carbocycles. The third-order valence-corrected chi connectivity index (χ3v) is 5.08. The van der Waals surface area contributed by atoms with Crippen LogP contribution in [0.5, 0.6) is 0 Å². The summed E-state index contributed by atoms with van der Waals surface area (Å²) in [6, 6.07) is 27.3. The lowest BCUT2D eigenvalue weighted by atomic mass is 9.99. The van der Waals surface area contributed by atoms with E-state index in [1.807, 2.05) is 12.1 Å². The normalized spacial score (nSPS) is 11.3. The van der Waals surface area contributed by atoms with Gasteiger partial charge in [0.05, 0.1) is 5.02 Å². The van der Waals surface area contributed by atoms with Gasteiger partial charge in [0, 0.05) is 22.5 Å². The van der Waals surface area contributed by atoms with Crippen LogP contribution < -0.4 is 0 Å². The number of pyridine rings is 1. The van der Waals surface area contributed by atoms with Crippen molar-refractivity contribution in [1.82, 2.24) is 9.97 Å². The van der Waals surface area contributed by atoms with Gasteiger partial charge in [-0.3, -0.25) is 0 Å². The number of halogens is 1. The highest BCUT2D eigenvalue weighted by atomic mass is 35.5. The van der Waals surface area contributed by atoms with Gasteiger partial charge in [-0.15, -0.1) is 0 Å². The van der Waals surface area contributed by atoms with Crippen molar-refractivity contribution < 1.29 is 0 Å². The van der Waals surface area contributed by atoms with E-state index in [0.717, 1.165) is 32.5 Å². The van der Waals surface area contributed by atoms with Crippen LogP contribution in [-0.4, -0.2) is 9.97 Å². The van der Waals surface area contributed by atoms with Crippen LogP contribution in [-0.2, 0) is 0 Å². The van der Waals surface area contributed by atoms with Crippen LogP contribution in [0, 0.1) is 0 Å². The molecule has 0 atom stereocenters. The van der Waals surface area contributed by atoms with Crippen LogP contribution in [0.4, 0.5) is 0 Å². The number of nitrogens with one attached hydrogen (secondary N) is 1. The predicted octanol–water partition coefficient (Wildman–Crippen LogP) is 6.70. The van der Waals surface area contributed by atoms with Gasteiger partial charge in [0.2, 0.25) is 0 Å². The molecule has 0 spiro atoms. The number of benzene rings is 3. The molecule has 2 heterocycles. The summed E-state index contributed by atoms with van der Waals surface area (Å²) in [5.41, 5.74) is 6.66. The van der Waals surface area contributed by atoms with Gasteiger partial charge >= 0.3 is 0 Å². The Morgan fingerprint density at radius 1 is 0.692 bits per heavy atom. The van der Waals surface area contributed by atoms with Crippen molar-refractivity contribution in [2.45, 2.75) is 0 Å². The molecule has 0 amide bonds. The molecule has 26 heavy (non-hydrogen) atoms. The van der Waals surface area contributed by atoms with Crippen LogP contribution in [0.3, 0.4) is 0 Å². The summed E-state index contributed by atoms with van der Waals surface area (Å²) in [5.74, 6) is 0. The maximum atomic E-state index is 6.40. The first kappa shape index (κ1) is 15.2. The smallest absolute Gasteiger partial charge is 0.139 e. The predicted molar refractivity (Wildman–Crippen MR) is 109 cm³/mol. The number of rotatable bonds is 2. The molecule has 3 heteroatoms. The molecule has 2 nitrogen and oxygen atoms in total. The molecule has 0 bridgehead atoms. The number of aromatic nitrogens is 2. The summed E-state index contributed by atoms with van der Waals surface area (Å²) in [5, 5.41) is 2.80. The Balaban J connectivity index is 1.61. The minimum absolute atomic E-state index is 0.720. The van der Waals surface area contributed by atoms with E-state index in [1.165, 1.54) is 16.7 Å². The molecule has 0 saturated carbocycles. The molecule has 0 aliphatic heterocycles. The molecular formula is C23H15ClN2. The highest BCUT2D eigenvalue weighted by Crippen LogP contribution is 2.33. The second-order valence-corrected chi connectivity index (χ2v) is 6.75.